The molecule has 170 valence electrons. The molecule has 0 aliphatic carbocycles. The van der Waals surface area contributed by atoms with E-state index in [9.17, 15) is 9.59 Å². The Morgan fingerprint density at radius 3 is 2.73 bits per heavy atom. The highest BCUT2D eigenvalue weighted by Gasteiger charge is 2.27. The second kappa shape index (κ2) is 8.63. The molecule has 8 heteroatoms. The number of anilines is 1. The minimum absolute atomic E-state index is 0.150. The number of ether oxygens (including phenoxy) is 2. The SMILES string of the molecule is CCOC(=O)c1[nH]c2ccc(OC)cc2c1NC(=O)C[NH+]1CCc2[nH]c3ccccc3c2C1. The molecule has 1 aliphatic heterocycles. The van der Waals surface area contributed by atoms with E-state index < -0.39 is 5.97 Å². The van der Waals surface area contributed by atoms with Gasteiger partial charge in [-0.1, -0.05) is 18.2 Å². The zero-order valence-corrected chi connectivity index (χ0v) is 18.7. The Morgan fingerprint density at radius 1 is 1.09 bits per heavy atom. The number of methoxy groups -OCH3 is 1. The number of rotatable bonds is 6. The molecular formula is C25H27N4O4+. The lowest BCUT2D eigenvalue weighted by atomic mass is 10.0. The lowest BCUT2D eigenvalue weighted by Crippen LogP contribution is -3.12. The molecular weight excluding hydrogens is 420 g/mol. The summed E-state index contributed by atoms with van der Waals surface area (Å²) in [6, 6.07) is 13.7. The van der Waals surface area contributed by atoms with Crippen LogP contribution in [0, 0.1) is 0 Å². The minimum atomic E-state index is -0.503. The summed E-state index contributed by atoms with van der Waals surface area (Å²) in [4.78, 5) is 33.4. The summed E-state index contributed by atoms with van der Waals surface area (Å²) in [7, 11) is 1.58. The van der Waals surface area contributed by atoms with Crippen molar-refractivity contribution in [3.05, 3.63) is 59.4 Å². The Labute approximate surface area is 190 Å². The van der Waals surface area contributed by atoms with Crippen molar-refractivity contribution in [3.8, 4) is 5.75 Å². The van der Waals surface area contributed by atoms with Gasteiger partial charge in [-0.3, -0.25) is 4.79 Å². The molecule has 0 spiro atoms. The molecule has 33 heavy (non-hydrogen) atoms. The van der Waals surface area contributed by atoms with Crippen LogP contribution in [-0.2, 0) is 22.5 Å². The number of carbonyl (C=O) groups is 2. The number of hydrogen-bond donors (Lipinski definition) is 4. The average Bonchev–Trinajstić information content (AvgIpc) is 3.37. The van der Waals surface area contributed by atoms with Crippen molar-refractivity contribution < 1.29 is 24.0 Å². The number of amides is 1. The number of nitrogens with one attached hydrogen (secondary N) is 4. The van der Waals surface area contributed by atoms with E-state index in [1.165, 1.54) is 21.5 Å². The number of benzene rings is 2. The van der Waals surface area contributed by atoms with Crippen LogP contribution >= 0.6 is 0 Å². The predicted octanol–water partition coefficient (Wildman–Crippen LogP) is 2.41. The molecule has 1 amide bonds. The van der Waals surface area contributed by atoms with Crippen molar-refractivity contribution in [1.82, 2.24) is 9.97 Å². The van der Waals surface area contributed by atoms with Gasteiger partial charge in [-0.25, -0.2) is 4.79 Å². The summed E-state index contributed by atoms with van der Waals surface area (Å²) in [5, 5.41) is 4.90. The molecule has 0 radical (unpaired) electrons. The van der Waals surface area contributed by atoms with E-state index in [-0.39, 0.29) is 18.2 Å². The van der Waals surface area contributed by atoms with Crippen molar-refractivity contribution in [3.63, 3.8) is 0 Å². The monoisotopic (exact) mass is 447 g/mol. The van der Waals surface area contributed by atoms with Crippen molar-refractivity contribution in [1.29, 1.82) is 0 Å². The van der Waals surface area contributed by atoms with Gasteiger partial charge in [0, 0.05) is 39.5 Å². The van der Waals surface area contributed by atoms with Crippen LogP contribution in [-0.4, -0.2) is 48.7 Å². The summed E-state index contributed by atoms with van der Waals surface area (Å²) < 4.78 is 10.5. The maximum atomic E-state index is 13.1. The summed E-state index contributed by atoms with van der Waals surface area (Å²) in [5.74, 6) is -0.0137. The largest absolute Gasteiger partial charge is 0.497 e. The summed E-state index contributed by atoms with van der Waals surface area (Å²) in [5.41, 5.74) is 5.07. The maximum absolute atomic E-state index is 13.1. The van der Waals surface area contributed by atoms with Gasteiger partial charge in [0.1, 0.15) is 18.0 Å². The number of aromatic amines is 2. The Morgan fingerprint density at radius 2 is 1.91 bits per heavy atom. The lowest BCUT2D eigenvalue weighted by Gasteiger charge is -2.23. The maximum Gasteiger partial charge on any atom is 0.356 e. The van der Waals surface area contributed by atoms with E-state index in [2.05, 4.69) is 27.4 Å². The van der Waals surface area contributed by atoms with Gasteiger partial charge in [0.05, 0.1) is 25.9 Å². The zero-order valence-electron chi connectivity index (χ0n) is 18.7. The van der Waals surface area contributed by atoms with Gasteiger partial charge in [0.15, 0.2) is 6.54 Å². The molecule has 4 N–H and O–H groups in total. The van der Waals surface area contributed by atoms with Gasteiger partial charge in [0.25, 0.3) is 5.91 Å². The third-order valence-corrected chi connectivity index (χ3v) is 6.22. The number of para-hydroxylation sites is 1. The van der Waals surface area contributed by atoms with Crippen molar-refractivity contribution >= 4 is 39.4 Å². The number of aromatic nitrogens is 2. The van der Waals surface area contributed by atoms with Gasteiger partial charge in [0.2, 0.25) is 0 Å². The first kappa shape index (κ1) is 21.1. The van der Waals surface area contributed by atoms with E-state index in [1.807, 2.05) is 18.2 Å². The third-order valence-electron chi connectivity index (χ3n) is 6.22. The fourth-order valence-electron chi connectivity index (χ4n) is 4.66. The number of quaternary nitrogens is 1. The third kappa shape index (κ3) is 3.93. The van der Waals surface area contributed by atoms with Crippen LogP contribution in [0.15, 0.2) is 42.5 Å². The Bertz CT molecular complexity index is 1350. The molecule has 0 fully saturated rings. The quantitative estimate of drug-likeness (QED) is 0.341. The summed E-state index contributed by atoms with van der Waals surface area (Å²) in [6.45, 7) is 3.94. The number of H-pyrrole nitrogens is 2. The lowest BCUT2D eigenvalue weighted by molar-refractivity contribution is -0.907. The highest BCUT2D eigenvalue weighted by Crippen LogP contribution is 2.31. The van der Waals surface area contributed by atoms with Crippen molar-refractivity contribution in [2.24, 2.45) is 0 Å². The molecule has 5 rings (SSSR count). The summed E-state index contributed by atoms with van der Waals surface area (Å²) >= 11 is 0. The fraction of sp³-hybridized carbons (Fsp3) is 0.280. The smallest absolute Gasteiger partial charge is 0.356 e. The van der Waals surface area contributed by atoms with Crippen molar-refractivity contribution in [2.45, 2.75) is 19.9 Å². The van der Waals surface area contributed by atoms with Gasteiger partial charge in [-0.05, 0) is 31.2 Å². The van der Waals surface area contributed by atoms with Crippen LogP contribution in [0.3, 0.4) is 0 Å². The van der Waals surface area contributed by atoms with E-state index >= 15 is 0 Å². The van der Waals surface area contributed by atoms with E-state index in [1.54, 1.807) is 26.2 Å². The van der Waals surface area contributed by atoms with E-state index in [4.69, 9.17) is 9.47 Å². The molecule has 1 aliphatic rings. The molecule has 8 nitrogen and oxygen atoms in total. The number of fused-ring (bicyclic) bond motifs is 4. The second-order valence-electron chi connectivity index (χ2n) is 8.29. The first-order valence-corrected chi connectivity index (χ1v) is 11.2. The number of carbonyl (C=O) groups excluding carboxylic acids is 2. The van der Waals surface area contributed by atoms with Crippen LogP contribution in [0.2, 0.25) is 0 Å². The first-order valence-electron chi connectivity index (χ1n) is 11.2. The Kier molecular flexibility index (Phi) is 5.51. The van der Waals surface area contributed by atoms with Crippen LogP contribution in [0.5, 0.6) is 5.75 Å². The van der Waals surface area contributed by atoms with Gasteiger partial charge in [-0.2, -0.15) is 0 Å². The molecule has 3 heterocycles. The van der Waals surface area contributed by atoms with Crippen molar-refractivity contribution in [2.75, 3.05) is 32.1 Å². The standard InChI is InChI=1S/C25H26N4O4/c1-3-33-25(31)24-23(17-12-15(32-2)8-9-20(17)27-24)28-22(30)14-29-11-10-21-18(13-29)16-6-4-5-7-19(16)26-21/h4-9,12,26-27H,3,10-11,13-14H2,1-2H3,(H,28,30)/p+1. The molecule has 1 unspecified atom stereocenters. The average molecular weight is 448 g/mol. The molecule has 2 aromatic heterocycles. The first-order chi connectivity index (χ1) is 16.1. The van der Waals surface area contributed by atoms with Crippen LogP contribution in [0.1, 0.15) is 28.7 Å². The van der Waals surface area contributed by atoms with Crippen LogP contribution in [0.4, 0.5) is 5.69 Å². The summed E-state index contributed by atoms with van der Waals surface area (Å²) in [6.07, 6.45) is 0.894. The molecule has 0 bridgehead atoms. The molecule has 0 saturated heterocycles. The molecule has 0 saturated carbocycles. The minimum Gasteiger partial charge on any atom is -0.497 e. The van der Waals surface area contributed by atoms with Gasteiger partial charge < -0.3 is 29.7 Å². The molecule has 1 atom stereocenters. The Balaban J connectivity index is 1.38. The van der Waals surface area contributed by atoms with Crippen LogP contribution in [0.25, 0.3) is 21.8 Å². The van der Waals surface area contributed by atoms with E-state index in [0.29, 0.717) is 23.4 Å². The van der Waals surface area contributed by atoms with Gasteiger partial charge >= 0.3 is 5.97 Å². The molecule has 4 aromatic rings. The zero-order chi connectivity index (χ0) is 22.9. The van der Waals surface area contributed by atoms with Crippen LogP contribution < -0.4 is 15.0 Å². The number of esters is 1. The number of hydrogen-bond acceptors (Lipinski definition) is 4. The fourth-order valence-corrected chi connectivity index (χ4v) is 4.66. The Hall–Kier alpha value is -3.78. The van der Waals surface area contributed by atoms with E-state index in [0.717, 1.165) is 30.5 Å². The van der Waals surface area contributed by atoms with Gasteiger partial charge in [-0.15, -0.1) is 0 Å². The highest BCUT2D eigenvalue weighted by atomic mass is 16.5. The highest BCUT2D eigenvalue weighted by molar-refractivity contribution is 6.11. The second-order valence-corrected chi connectivity index (χ2v) is 8.29. The predicted molar refractivity (Wildman–Crippen MR) is 126 cm³/mol. The normalized spacial score (nSPS) is 15.4. The molecule has 2 aromatic carbocycles. The topological polar surface area (TPSA) is 101 Å².